The highest BCUT2D eigenvalue weighted by atomic mass is 16.5. The minimum absolute atomic E-state index is 0.197. The van der Waals surface area contributed by atoms with Crippen LogP contribution in [0, 0.1) is 5.92 Å². The van der Waals surface area contributed by atoms with Crippen molar-refractivity contribution < 1.29 is 14.6 Å². The van der Waals surface area contributed by atoms with E-state index in [1.54, 1.807) is 12.1 Å². The molecular formula is C14H15NO3. The molecule has 0 atom stereocenters. The molecule has 0 saturated carbocycles. The molecule has 0 bridgehead atoms. The molecule has 0 amide bonds. The van der Waals surface area contributed by atoms with Crippen molar-refractivity contribution in [2.24, 2.45) is 5.92 Å². The van der Waals surface area contributed by atoms with Crippen LogP contribution in [0.25, 0.3) is 10.8 Å². The van der Waals surface area contributed by atoms with E-state index in [1.165, 1.54) is 6.20 Å². The van der Waals surface area contributed by atoms with Gasteiger partial charge in [-0.1, -0.05) is 32.0 Å². The lowest BCUT2D eigenvalue weighted by atomic mass is 10.1. The molecule has 2 rings (SSSR count). The van der Waals surface area contributed by atoms with Crippen molar-refractivity contribution in [3.05, 3.63) is 36.0 Å². The van der Waals surface area contributed by atoms with E-state index < -0.39 is 5.97 Å². The Morgan fingerprint density at radius 1 is 1.33 bits per heavy atom. The Hall–Kier alpha value is -2.10. The number of carbonyl (C=O) groups is 1. The molecular weight excluding hydrogens is 230 g/mol. The first-order chi connectivity index (χ1) is 8.59. The zero-order valence-corrected chi connectivity index (χ0v) is 10.4. The predicted molar refractivity (Wildman–Crippen MR) is 69.0 cm³/mol. The highest BCUT2D eigenvalue weighted by molar-refractivity contribution is 6.04. The van der Waals surface area contributed by atoms with Crippen LogP contribution in [0.3, 0.4) is 0 Å². The maximum Gasteiger partial charge on any atom is 0.337 e. The Balaban J connectivity index is 2.50. The maximum absolute atomic E-state index is 11.1. The number of hydrogen-bond acceptors (Lipinski definition) is 3. The van der Waals surface area contributed by atoms with Gasteiger partial charge in [0.1, 0.15) is 0 Å². The van der Waals surface area contributed by atoms with Crippen molar-refractivity contribution in [3.8, 4) is 5.88 Å². The van der Waals surface area contributed by atoms with E-state index in [-0.39, 0.29) is 5.56 Å². The Morgan fingerprint density at radius 3 is 2.61 bits per heavy atom. The lowest BCUT2D eigenvalue weighted by Gasteiger charge is -2.11. The molecule has 4 nitrogen and oxygen atoms in total. The number of pyridine rings is 1. The molecule has 0 aliphatic carbocycles. The fraction of sp³-hybridized carbons (Fsp3) is 0.286. The van der Waals surface area contributed by atoms with E-state index in [0.29, 0.717) is 23.8 Å². The summed E-state index contributed by atoms with van der Waals surface area (Å²) in [7, 11) is 0. The molecule has 0 unspecified atom stereocenters. The topological polar surface area (TPSA) is 59.4 Å². The highest BCUT2D eigenvalue weighted by Gasteiger charge is 2.13. The summed E-state index contributed by atoms with van der Waals surface area (Å²) in [6.45, 7) is 4.66. The first-order valence-corrected chi connectivity index (χ1v) is 5.83. The monoisotopic (exact) mass is 245 g/mol. The van der Waals surface area contributed by atoms with E-state index in [0.717, 1.165) is 5.39 Å². The molecule has 94 valence electrons. The van der Waals surface area contributed by atoms with Crippen LogP contribution in [0.15, 0.2) is 30.5 Å². The second-order valence-electron chi connectivity index (χ2n) is 4.53. The largest absolute Gasteiger partial charge is 0.478 e. The Labute approximate surface area is 105 Å². The molecule has 2 aromatic rings. The number of aromatic nitrogens is 1. The third-order valence-electron chi connectivity index (χ3n) is 2.54. The fourth-order valence-electron chi connectivity index (χ4n) is 1.70. The average molecular weight is 245 g/mol. The summed E-state index contributed by atoms with van der Waals surface area (Å²) in [5.74, 6) is -0.0943. The molecule has 1 aromatic carbocycles. The third kappa shape index (κ3) is 2.42. The summed E-state index contributed by atoms with van der Waals surface area (Å²) in [6, 6.07) is 7.24. The van der Waals surface area contributed by atoms with Crippen LogP contribution >= 0.6 is 0 Å². The van der Waals surface area contributed by atoms with Gasteiger partial charge in [0.2, 0.25) is 5.88 Å². The quantitative estimate of drug-likeness (QED) is 0.899. The van der Waals surface area contributed by atoms with Crippen molar-refractivity contribution in [1.82, 2.24) is 4.98 Å². The van der Waals surface area contributed by atoms with E-state index in [2.05, 4.69) is 4.98 Å². The van der Waals surface area contributed by atoms with Gasteiger partial charge in [0.25, 0.3) is 0 Å². The summed E-state index contributed by atoms with van der Waals surface area (Å²) in [5, 5.41) is 10.5. The van der Waals surface area contributed by atoms with Crippen LogP contribution in [-0.4, -0.2) is 22.7 Å². The second-order valence-corrected chi connectivity index (χ2v) is 4.53. The molecule has 0 aliphatic rings. The molecule has 0 spiro atoms. The van der Waals surface area contributed by atoms with Gasteiger partial charge >= 0.3 is 5.97 Å². The molecule has 0 aliphatic heterocycles. The number of aromatic carboxylic acids is 1. The smallest absolute Gasteiger partial charge is 0.337 e. The average Bonchev–Trinajstić information content (AvgIpc) is 2.35. The number of rotatable bonds is 4. The van der Waals surface area contributed by atoms with Crippen molar-refractivity contribution >= 4 is 16.7 Å². The SMILES string of the molecule is CC(C)COc1ncc(C(=O)O)c2ccccc12. The van der Waals surface area contributed by atoms with Crippen molar-refractivity contribution in [2.75, 3.05) is 6.61 Å². The summed E-state index contributed by atoms with van der Waals surface area (Å²) < 4.78 is 5.61. The number of ether oxygens (including phenoxy) is 1. The van der Waals surface area contributed by atoms with Gasteiger partial charge in [-0.15, -0.1) is 0 Å². The van der Waals surface area contributed by atoms with Gasteiger partial charge < -0.3 is 9.84 Å². The number of carboxylic acid groups (broad SMARTS) is 1. The van der Waals surface area contributed by atoms with Crippen LogP contribution in [0.2, 0.25) is 0 Å². The highest BCUT2D eigenvalue weighted by Crippen LogP contribution is 2.26. The van der Waals surface area contributed by atoms with Gasteiger partial charge in [0.05, 0.1) is 12.2 Å². The molecule has 18 heavy (non-hydrogen) atoms. The Kier molecular flexibility index (Phi) is 3.46. The van der Waals surface area contributed by atoms with E-state index >= 15 is 0 Å². The van der Waals surface area contributed by atoms with Gasteiger partial charge in [-0.2, -0.15) is 0 Å². The number of hydrogen-bond donors (Lipinski definition) is 1. The summed E-state index contributed by atoms with van der Waals surface area (Å²) in [4.78, 5) is 15.2. The molecule has 0 radical (unpaired) electrons. The molecule has 0 saturated heterocycles. The minimum Gasteiger partial charge on any atom is -0.478 e. The lowest BCUT2D eigenvalue weighted by molar-refractivity contribution is 0.0698. The molecule has 4 heteroatoms. The van der Waals surface area contributed by atoms with Gasteiger partial charge in [-0.25, -0.2) is 9.78 Å². The molecule has 1 aromatic heterocycles. The summed E-state index contributed by atoms with van der Waals surface area (Å²) in [6.07, 6.45) is 1.35. The molecule has 0 fully saturated rings. The normalized spacial score (nSPS) is 10.8. The first-order valence-electron chi connectivity index (χ1n) is 5.83. The second kappa shape index (κ2) is 5.04. The standard InChI is InChI=1S/C14H15NO3/c1-9(2)8-18-13-11-6-4-3-5-10(11)12(7-15-13)14(16)17/h3-7,9H,8H2,1-2H3,(H,16,17). The van der Waals surface area contributed by atoms with E-state index in [9.17, 15) is 4.79 Å². The fourth-order valence-corrected chi connectivity index (χ4v) is 1.70. The van der Waals surface area contributed by atoms with Crippen LogP contribution in [0.1, 0.15) is 24.2 Å². The van der Waals surface area contributed by atoms with Gasteiger partial charge in [-0.05, 0) is 12.0 Å². The Morgan fingerprint density at radius 2 is 2.00 bits per heavy atom. The third-order valence-corrected chi connectivity index (χ3v) is 2.54. The molecule has 1 N–H and O–H groups in total. The van der Waals surface area contributed by atoms with Crippen molar-refractivity contribution in [2.45, 2.75) is 13.8 Å². The van der Waals surface area contributed by atoms with Crippen LogP contribution in [-0.2, 0) is 0 Å². The maximum atomic E-state index is 11.1. The predicted octanol–water partition coefficient (Wildman–Crippen LogP) is 2.97. The number of carboxylic acids is 1. The summed E-state index contributed by atoms with van der Waals surface area (Å²) >= 11 is 0. The zero-order valence-electron chi connectivity index (χ0n) is 10.4. The van der Waals surface area contributed by atoms with Gasteiger partial charge in [0, 0.05) is 17.0 Å². The zero-order chi connectivity index (χ0) is 13.1. The van der Waals surface area contributed by atoms with Crippen molar-refractivity contribution in [3.63, 3.8) is 0 Å². The lowest BCUT2D eigenvalue weighted by Crippen LogP contribution is -2.07. The van der Waals surface area contributed by atoms with Gasteiger partial charge in [0.15, 0.2) is 0 Å². The minimum atomic E-state index is -0.978. The van der Waals surface area contributed by atoms with Crippen LogP contribution in [0.5, 0.6) is 5.88 Å². The Bertz CT molecular complexity index is 578. The molecule has 1 heterocycles. The number of benzene rings is 1. The van der Waals surface area contributed by atoms with Crippen LogP contribution < -0.4 is 4.74 Å². The van der Waals surface area contributed by atoms with Crippen molar-refractivity contribution in [1.29, 1.82) is 0 Å². The number of fused-ring (bicyclic) bond motifs is 1. The summed E-state index contributed by atoms with van der Waals surface area (Å²) in [5.41, 5.74) is 0.197. The van der Waals surface area contributed by atoms with E-state index in [1.807, 2.05) is 26.0 Å². The number of nitrogens with zero attached hydrogens (tertiary/aromatic N) is 1. The van der Waals surface area contributed by atoms with E-state index in [4.69, 9.17) is 9.84 Å². The van der Waals surface area contributed by atoms with Gasteiger partial charge in [-0.3, -0.25) is 0 Å². The first kappa shape index (κ1) is 12.4. The van der Waals surface area contributed by atoms with Crippen LogP contribution in [0.4, 0.5) is 0 Å².